The van der Waals surface area contributed by atoms with Crippen molar-refractivity contribution in [2.75, 3.05) is 0 Å². The van der Waals surface area contributed by atoms with E-state index in [1.807, 2.05) is 0 Å². The number of carboxylic acids is 3. The van der Waals surface area contributed by atoms with Crippen LogP contribution in [0.5, 0.6) is 0 Å². The van der Waals surface area contributed by atoms with Crippen molar-refractivity contribution in [3.8, 4) is 0 Å². The maximum absolute atomic E-state index is 10.6. The van der Waals surface area contributed by atoms with Gasteiger partial charge in [0.15, 0.2) is 0 Å². The minimum absolute atomic E-state index is 0. The van der Waals surface area contributed by atoms with Crippen LogP contribution in [0, 0.1) is 0 Å². The van der Waals surface area contributed by atoms with Crippen molar-refractivity contribution >= 4 is 17.9 Å². The van der Waals surface area contributed by atoms with Crippen LogP contribution in [0.4, 0.5) is 0 Å². The second kappa shape index (κ2) is 14.8. The molecule has 0 aliphatic carbocycles. The molecule has 0 aromatic rings. The van der Waals surface area contributed by atoms with Crippen LogP contribution in [0.1, 0.15) is 19.8 Å². The molecular formula is C8H13NNa3O6+3. The van der Waals surface area contributed by atoms with Gasteiger partial charge in [0.25, 0.3) is 0 Å². The first-order valence-electron chi connectivity index (χ1n) is 4.25. The first-order valence-corrected chi connectivity index (χ1v) is 4.25. The Morgan fingerprint density at radius 1 is 0.944 bits per heavy atom. The minimum atomic E-state index is -1.31. The molecule has 0 fully saturated rings. The Kier molecular flexibility index (Phi) is 22.7. The van der Waals surface area contributed by atoms with Gasteiger partial charge in [-0.2, -0.15) is 0 Å². The molecule has 0 spiro atoms. The molecule has 0 aliphatic heterocycles. The molecule has 1 unspecified atom stereocenters. The van der Waals surface area contributed by atoms with E-state index in [9.17, 15) is 14.4 Å². The Hall–Kier alpha value is 1.37. The van der Waals surface area contributed by atoms with Gasteiger partial charge in [-0.25, -0.2) is 0 Å². The normalized spacial score (nSPS) is 11.8. The van der Waals surface area contributed by atoms with Crippen molar-refractivity contribution in [2.24, 2.45) is 0 Å². The molecule has 4 N–H and O–H groups in total. The third kappa shape index (κ3) is 15.4. The van der Waals surface area contributed by atoms with E-state index in [0.717, 1.165) is 0 Å². The van der Waals surface area contributed by atoms with E-state index < -0.39 is 36.4 Å². The molecule has 0 aromatic carbocycles. The van der Waals surface area contributed by atoms with Crippen molar-refractivity contribution < 1.29 is 118 Å². The van der Waals surface area contributed by atoms with Crippen LogP contribution in [-0.2, 0) is 14.4 Å². The second-order valence-corrected chi connectivity index (χ2v) is 3.15. The molecule has 86 valence electrons. The summed E-state index contributed by atoms with van der Waals surface area (Å²) in [6.45, 7) is 1.48. The van der Waals surface area contributed by atoms with E-state index >= 15 is 0 Å². The number of carboxylic acid groups (broad SMARTS) is 3. The van der Waals surface area contributed by atoms with Gasteiger partial charge in [-0.05, 0) is 6.92 Å². The Bertz CT molecular complexity index is 276. The summed E-state index contributed by atoms with van der Waals surface area (Å²) in [7, 11) is 0. The third-order valence-electron chi connectivity index (χ3n) is 1.64. The van der Waals surface area contributed by atoms with Crippen molar-refractivity contribution in [1.82, 2.24) is 5.32 Å². The molecule has 7 nitrogen and oxygen atoms in total. The maximum Gasteiger partial charge on any atom is 1.00 e. The number of nitrogens with one attached hydrogen (secondary N) is 1. The summed E-state index contributed by atoms with van der Waals surface area (Å²) in [5.74, 6) is -3.64. The van der Waals surface area contributed by atoms with Crippen LogP contribution in [0.15, 0.2) is 0 Å². The first-order chi connectivity index (χ1) is 6.82. The summed E-state index contributed by atoms with van der Waals surface area (Å²) in [6, 6.07) is -1.86. The van der Waals surface area contributed by atoms with Gasteiger partial charge in [-0.1, -0.05) is 0 Å². The van der Waals surface area contributed by atoms with Crippen LogP contribution in [-0.4, -0.2) is 45.3 Å². The average molecular weight is 288 g/mol. The van der Waals surface area contributed by atoms with Gasteiger partial charge < -0.3 is 20.6 Å². The van der Waals surface area contributed by atoms with Crippen LogP contribution in [0.2, 0.25) is 0 Å². The van der Waals surface area contributed by atoms with E-state index in [-0.39, 0.29) is 95.1 Å². The zero-order valence-corrected chi connectivity index (χ0v) is 17.1. The van der Waals surface area contributed by atoms with Gasteiger partial charge in [0.2, 0.25) is 0 Å². The maximum atomic E-state index is 10.6. The molecule has 0 heterocycles. The summed E-state index contributed by atoms with van der Waals surface area (Å²) in [5.41, 5.74) is 0. The molecular weight excluding hydrogens is 275 g/mol. The number of carbonyl (C=O) groups is 3. The number of aliphatic carboxylic acids is 3. The largest absolute Gasteiger partial charge is 1.00 e. The Morgan fingerprint density at radius 3 is 1.61 bits per heavy atom. The van der Waals surface area contributed by atoms with Crippen molar-refractivity contribution in [3.05, 3.63) is 0 Å². The molecule has 0 saturated carbocycles. The van der Waals surface area contributed by atoms with Crippen molar-refractivity contribution in [1.29, 1.82) is 0 Å². The van der Waals surface area contributed by atoms with Gasteiger partial charge >= 0.3 is 107 Å². The smallest absolute Gasteiger partial charge is 0.481 e. The topological polar surface area (TPSA) is 124 Å². The quantitative estimate of drug-likeness (QED) is 0.343. The Morgan fingerprint density at radius 2 is 1.33 bits per heavy atom. The third-order valence-corrected chi connectivity index (χ3v) is 1.64. The van der Waals surface area contributed by atoms with Gasteiger partial charge in [0, 0.05) is 6.04 Å². The van der Waals surface area contributed by atoms with Crippen LogP contribution in [0.25, 0.3) is 0 Å². The van der Waals surface area contributed by atoms with E-state index in [2.05, 4.69) is 5.32 Å². The standard InChI is InChI=1S/C8H13NO6.3Na/c1-4(2-6(10)11)9-5(8(14)15)3-7(12)13;;;/h4-5,9H,2-3H2,1H3,(H,10,11)(H,12,13)(H,14,15);;;/q;3*+1/t4?,5-;;;/m0.../s1. The predicted molar refractivity (Wildman–Crippen MR) is 48.5 cm³/mol. The van der Waals surface area contributed by atoms with Crippen molar-refractivity contribution in [3.63, 3.8) is 0 Å². The van der Waals surface area contributed by atoms with E-state index in [4.69, 9.17) is 15.3 Å². The summed E-state index contributed by atoms with van der Waals surface area (Å²) in [6.07, 6.45) is -0.845. The fourth-order valence-corrected chi connectivity index (χ4v) is 1.06. The van der Waals surface area contributed by atoms with Gasteiger partial charge in [0.05, 0.1) is 12.8 Å². The minimum Gasteiger partial charge on any atom is -0.481 e. The van der Waals surface area contributed by atoms with Crippen LogP contribution < -0.4 is 94.0 Å². The summed E-state index contributed by atoms with van der Waals surface area (Å²) >= 11 is 0. The molecule has 0 aliphatic rings. The molecule has 0 radical (unpaired) electrons. The number of hydrogen-bond donors (Lipinski definition) is 4. The SMILES string of the molecule is CC(CC(=O)O)N[C@@H](CC(=O)O)C(=O)O.[Na+].[Na+].[Na+]. The molecule has 2 atom stereocenters. The van der Waals surface area contributed by atoms with E-state index in [1.54, 1.807) is 0 Å². The van der Waals surface area contributed by atoms with Crippen molar-refractivity contribution in [2.45, 2.75) is 31.8 Å². The molecule has 0 amide bonds. The average Bonchev–Trinajstić information content (AvgIpc) is 1.99. The summed E-state index contributed by atoms with van der Waals surface area (Å²) in [4.78, 5) is 31.2. The van der Waals surface area contributed by atoms with Crippen LogP contribution in [0.3, 0.4) is 0 Å². The fourth-order valence-electron chi connectivity index (χ4n) is 1.06. The zero-order valence-electron chi connectivity index (χ0n) is 11.1. The Labute approximate surface area is 171 Å². The molecule has 0 aromatic heterocycles. The van der Waals surface area contributed by atoms with E-state index in [0.29, 0.717) is 0 Å². The molecule has 10 heteroatoms. The van der Waals surface area contributed by atoms with Gasteiger partial charge in [0.1, 0.15) is 6.04 Å². The number of rotatable bonds is 7. The van der Waals surface area contributed by atoms with E-state index in [1.165, 1.54) is 6.92 Å². The summed E-state index contributed by atoms with van der Waals surface area (Å²) < 4.78 is 0. The molecule has 0 rings (SSSR count). The second-order valence-electron chi connectivity index (χ2n) is 3.15. The Balaban J connectivity index is -0.000000327. The van der Waals surface area contributed by atoms with Gasteiger partial charge in [-0.3, -0.25) is 14.4 Å². The molecule has 0 bridgehead atoms. The van der Waals surface area contributed by atoms with Gasteiger partial charge in [-0.15, -0.1) is 0 Å². The fraction of sp³-hybridized carbons (Fsp3) is 0.625. The molecule has 0 saturated heterocycles. The summed E-state index contributed by atoms with van der Waals surface area (Å²) in [5, 5.41) is 27.9. The molecule has 18 heavy (non-hydrogen) atoms. The first kappa shape index (κ1) is 27.7. The predicted octanol–water partition coefficient (Wildman–Crippen LogP) is -9.62. The van der Waals surface area contributed by atoms with Crippen LogP contribution >= 0.6 is 0 Å². The number of hydrogen-bond acceptors (Lipinski definition) is 4. The monoisotopic (exact) mass is 288 g/mol. The zero-order chi connectivity index (χ0) is 12.0.